The zero-order valence-corrected chi connectivity index (χ0v) is 16.0. The van der Waals surface area contributed by atoms with Gasteiger partial charge in [0.2, 0.25) is 17.5 Å². The quantitative estimate of drug-likeness (QED) is 0.584. The summed E-state index contributed by atoms with van der Waals surface area (Å²) in [5, 5.41) is 13.0. The molecule has 0 aliphatic rings. The summed E-state index contributed by atoms with van der Waals surface area (Å²) < 4.78 is 11.5. The third-order valence-corrected chi connectivity index (χ3v) is 4.23. The van der Waals surface area contributed by atoms with Gasteiger partial charge in [-0.05, 0) is 36.2 Å². The first-order valence-corrected chi connectivity index (χ1v) is 9.06. The average Bonchev–Trinajstić information content (AvgIpc) is 3.09. The van der Waals surface area contributed by atoms with E-state index in [4.69, 9.17) is 20.8 Å². The van der Waals surface area contributed by atoms with E-state index in [1.165, 1.54) is 0 Å². The molecule has 0 amide bonds. The maximum atomic E-state index is 9.25. The lowest BCUT2D eigenvalue weighted by atomic mass is 10.2. The van der Waals surface area contributed by atoms with Gasteiger partial charge in [-0.25, -0.2) is 0 Å². The number of rotatable bonds is 7. The van der Waals surface area contributed by atoms with Gasteiger partial charge in [-0.1, -0.05) is 43.6 Å². The predicted molar refractivity (Wildman–Crippen MR) is 106 cm³/mol. The van der Waals surface area contributed by atoms with E-state index < -0.39 is 0 Å². The lowest BCUT2D eigenvalue weighted by Gasteiger charge is -2.08. The van der Waals surface area contributed by atoms with Gasteiger partial charge >= 0.3 is 0 Å². The highest BCUT2D eigenvalue weighted by molar-refractivity contribution is 6.31. The predicted octanol–water partition coefficient (Wildman–Crippen LogP) is 5.51. The van der Waals surface area contributed by atoms with Crippen molar-refractivity contribution in [1.29, 1.82) is 5.26 Å². The van der Waals surface area contributed by atoms with Crippen LogP contribution in [0, 0.1) is 17.2 Å². The Bertz CT molecular complexity index is 943. The fraction of sp³-hybridized carbons (Fsp3) is 0.238. The number of anilines is 1. The van der Waals surface area contributed by atoms with Crippen molar-refractivity contribution in [3.63, 3.8) is 0 Å². The Morgan fingerprint density at radius 3 is 2.59 bits per heavy atom. The molecular formula is C21H20ClN3O2. The molecule has 3 rings (SSSR count). The summed E-state index contributed by atoms with van der Waals surface area (Å²) in [6.07, 6.45) is 0. The summed E-state index contributed by atoms with van der Waals surface area (Å²) in [5.41, 5.74) is 1.95. The highest BCUT2D eigenvalue weighted by atomic mass is 35.5. The Hall–Kier alpha value is -2.97. The molecule has 1 heterocycles. The lowest BCUT2D eigenvalue weighted by Crippen LogP contribution is -2.08. The molecule has 0 bridgehead atoms. The van der Waals surface area contributed by atoms with Crippen molar-refractivity contribution in [1.82, 2.24) is 4.98 Å². The van der Waals surface area contributed by atoms with Gasteiger partial charge in [0, 0.05) is 22.7 Å². The molecular weight excluding hydrogens is 362 g/mol. The van der Waals surface area contributed by atoms with Crippen molar-refractivity contribution in [3.8, 4) is 23.3 Å². The smallest absolute Gasteiger partial charge is 0.232 e. The summed E-state index contributed by atoms with van der Waals surface area (Å²) in [6, 6.07) is 17.0. The largest absolute Gasteiger partial charge is 0.489 e. The Labute approximate surface area is 163 Å². The van der Waals surface area contributed by atoms with E-state index in [0.29, 0.717) is 41.6 Å². The Balaban J connectivity index is 1.70. The van der Waals surface area contributed by atoms with Gasteiger partial charge in [0.05, 0.1) is 0 Å². The van der Waals surface area contributed by atoms with Crippen molar-refractivity contribution in [2.45, 2.75) is 20.5 Å². The number of benzene rings is 2. The number of hydrogen-bond acceptors (Lipinski definition) is 5. The molecule has 27 heavy (non-hydrogen) atoms. The summed E-state index contributed by atoms with van der Waals surface area (Å²) in [4.78, 5) is 4.26. The minimum atomic E-state index is 0.254. The molecule has 0 unspecified atom stereocenters. The molecule has 1 N–H and O–H groups in total. The van der Waals surface area contributed by atoms with E-state index in [1.807, 2.05) is 48.5 Å². The topological polar surface area (TPSA) is 71.1 Å². The summed E-state index contributed by atoms with van der Waals surface area (Å²) >= 11 is 6.14. The summed E-state index contributed by atoms with van der Waals surface area (Å²) in [5.74, 6) is 1.94. The van der Waals surface area contributed by atoms with Crippen LogP contribution in [0.15, 0.2) is 52.9 Å². The van der Waals surface area contributed by atoms with Gasteiger partial charge in [-0.15, -0.1) is 0 Å². The number of nitriles is 1. The Morgan fingerprint density at radius 1 is 1.19 bits per heavy atom. The zero-order valence-electron chi connectivity index (χ0n) is 15.2. The number of ether oxygens (including phenoxy) is 1. The van der Waals surface area contributed by atoms with Crippen LogP contribution in [-0.4, -0.2) is 11.5 Å². The first kappa shape index (κ1) is 18.8. The molecule has 0 saturated carbocycles. The van der Waals surface area contributed by atoms with Crippen LogP contribution in [0.4, 0.5) is 5.88 Å². The second-order valence-corrected chi connectivity index (χ2v) is 6.89. The van der Waals surface area contributed by atoms with E-state index in [9.17, 15) is 5.26 Å². The number of hydrogen-bond donors (Lipinski definition) is 1. The van der Waals surface area contributed by atoms with Gasteiger partial charge < -0.3 is 14.5 Å². The highest BCUT2D eigenvalue weighted by Gasteiger charge is 2.14. The highest BCUT2D eigenvalue weighted by Crippen LogP contribution is 2.27. The number of oxazole rings is 1. The molecule has 0 radical (unpaired) electrons. The molecule has 138 valence electrons. The summed E-state index contributed by atoms with van der Waals surface area (Å²) in [6.45, 7) is 5.26. The van der Waals surface area contributed by atoms with Crippen molar-refractivity contribution >= 4 is 17.5 Å². The van der Waals surface area contributed by atoms with Gasteiger partial charge in [0.25, 0.3) is 0 Å². The van der Waals surface area contributed by atoms with Crippen LogP contribution >= 0.6 is 11.6 Å². The number of aromatic nitrogens is 1. The van der Waals surface area contributed by atoms with Crippen LogP contribution in [0.25, 0.3) is 11.5 Å². The van der Waals surface area contributed by atoms with Crippen molar-refractivity contribution in [2.75, 3.05) is 11.9 Å². The van der Waals surface area contributed by atoms with Crippen LogP contribution in [0.5, 0.6) is 5.75 Å². The molecule has 0 aliphatic heterocycles. The standard InChI is InChI=1S/C21H20ClN3O2/c1-14(2)12-24-21-19(11-23)25-20(27-21)15-7-9-17(10-8-15)26-13-16-5-3-4-6-18(16)22/h3-10,14,24H,12-13H2,1-2H3. The molecule has 0 spiro atoms. The number of nitrogens with zero attached hydrogens (tertiary/aromatic N) is 2. The second-order valence-electron chi connectivity index (χ2n) is 6.49. The van der Waals surface area contributed by atoms with Crippen LogP contribution in [-0.2, 0) is 6.61 Å². The van der Waals surface area contributed by atoms with E-state index in [2.05, 4.69) is 30.2 Å². The van der Waals surface area contributed by atoms with Crippen LogP contribution < -0.4 is 10.1 Å². The number of nitrogens with one attached hydrogen (secondary N) is 1. The fourth-order valence-electron chi connectivity index (χ4n) is 2.41. The van der Waals surface area contributed by atoms with Crippen LogP contribution in [0.2, 0.25) is 5.02 Å². The molecule has 2 aromatic carbocycles. The molecule has 0 aliphatic carbocycles. The van der Waals surface area contributed by atoms with Crippen LogP contribution in [0.3, 0.4) is 0 Å². The third kappa shape index (κ3) is 4.81. The van der Waals surface area contributed by atoms with Crippen molar-refractivity contribution in [3.05, 3.63) is 64.8 Å². The Morgan fingerprint density at radius 2 is 1.93 bits per heavy atom. The normalized spacial score (nSPS) is 10.6. The summed E-state index contributed by atoms with van der Waals surface area (Å²) in [7, 11) is 0. The van der Waals surface area contributed by atoms with E-state index in [-0.39, 0.29) is 5.69 Å². The first-order chi connectivity index (χ1) is 13.1. The number of halogens is 1. The third-order valence-electron chi connectivity index (χ3n) is 3.86. The maximum absolute atomic E-state index is 9.25. The maximum Gasteiger partial charge on any atom is 0.232 e. The Kier molecular flexibility index (Phi) is 6.00. The van der Waals surface area contributed by atoms with Crippen molar-refractivity contribution in [2.24, 2.45) is 5.92 Å². The molecule has 6 heteroatoms. The molecule has 1 aromatic heterocycles. The molecule has 0 fully saturated rings. The minimum Gasteiger partial charge on any atom is -0.489 e. The molecule has 5 nitrogen and oxygen atoms in total. The first-order valence-electron chi connectivity index (χ1n) is 8.68. The van der Waals surface area contributed by atoms with Gasteiger partial charge in [-0.2, -0.15) is 10.2 Å². The fourth-order valence-corrected chi connectivity index (χ4v) is 2.60. The molecule has 0 atom stereocenters. The monoisotopic (exact) mass is 381 g/mol. The second kappa shape index (κ2) is 8.61. The van der Waals surface area contributed by atoms with Crippen molar-refractivity contribution < 1.29 is 9.15 Å². The molecule has 0 saturated heterocycles. The van der Waals surface area contributed by atoms with E-state index in [1.54, 1.807) is 0 Å². The minimum absolute atomic E-state index is 0.254. The van der Waals surface area contributed by atoms with Gasteiger partial charge in [0.15, 0.2) is 0 Å². The van der Waals surface area contributed by atoms with Crippen LogP contribution in [0.1, 0.15) is 25.1 Å². The SMILES string of the molecule is CC(C)CNc1oc(-c2ccc(OCc3ccccc3Cl)cc2)nc1C#N. The molecule has 3 aromatic rings. The van der Waals surface area contributed by atoms with E-state index in [0.717, 1.165) is 11.1 Å². The lowest BCUT2D eigenvalue weighted by molar-refractivity contribution is 0.306. The van der Waals surface area contributed by atoms with Gasteiger partial charge in [0.1, 0.15) is 18.4 Å². The van der Waals surface area contributed by atoms with E-state index >= 15 is 0 Å². The zero-order chi connectivity index (χ0) is 19.2. The van der Waals surface area contributed by atoms with Gasteiger partial charge in [-0.3, -0.25) is 0 Å². The average molecular weight is 382 g/mol.